The lowest BCUT2D eigenvalue weighted by molar-refractivity contribution is 0.600. The fraction of sp³-hybridized carbons (Fsp3) is 0.286. The minimum absolute atomic E-state index is 0.0449. The van der Waals surface area contributed by atoms with Crippen LogP contribution in [-0.2, 0) is 16.6 Å². The zero-order valence-corrected chi connectivity index (χ0v) is 13.2. The Morgan fingerprint density at radius 1 is 1.19 bits per heavy atom. The molecule has 1 aromatic heterocycles. The number of nitrogens with one attached hydrogen (secondary N) is 2. The Balaban J connectivity index is 2.11. The molecule has 0 atom stereocenters. The Hall–Kier alpha value is -1.44. The van der Waals surface area contributed by atoms with Gasteiger partial charge in [0.15, 0.2) is 0 Å². The van der Waals surface area contributed by atoms with Crippen molar-refractivity contribution >= 4 is 27.0 Å². The predicted octanol–water partition coefficient (Wildman–Crippen LogP) is 3.19. The lowest BCUT2D eigenvalue weighted by atomic mass is 10.3. The summed E-state index contributed by atoms with van der Waals surface area (Å²) in [4.78, 5) is 0.928. The lowest BCUT2D eigenvalue weighted by Crippen LogP contribution is -2.13. The van der Waals surface area contributed by atoms with Crippen molar-refractivity contribution in [3.05, 3.63) is 47.1 Å². The van der Waals surface area contributed by atoms with Gasteiger partial charge in [0, 0.05) is 11.4 Å². The van der Waals surface area contributed by atoms with Crippen molar-refractivity contribution < 1.29 is 12.8 Å². The third kappa shape index (κ3) is 4.26. The Morgan fingerprint density at radius 3 is 2.67 bits per heavy atom. The molecule has 0 saturated carbocycles. The lowest BCUT2D eigenvalue weighted by Gasteiger charge is -2.06. The molecular weight excluding hydrogens is 311 g/mol. The maximum absolute atomic E-state index is 13.5. The smallest absolute Gasteiger partial charge is 0.271 e. The molecule has 0 aliphatic rings. The van der Waals surface area contributed by atoms with E-state index in [9.17, 15) is 12.8 Å². The maximum atomic E-state index is 13.5. The first kappa shape index (κ1) is 15.9. The molecular formula is C14H17FN2O2S2. The molecule has 2 N–H and O–H groups in total. The molecule has 0 aliphatic carbocycles. The molecule has 1 aromatic carbocycles. The SMILES string of the molecule is CCCNCc1ccc(S(=O)(=O)Nc2ccccc2F)s1. The van der Waals surface area contributed by atoms with Crippen molar-refractivity contribution in [3.63, 3.8) is 0 Å². The van der Waals surface area contributed by atoms with E-state index in [-0.39, 0.29) is 9.90 Å². The van der Waals surface area contributed by atoms with Crippen LogP contribution in [-0.4, -0.2) is 15.0 Å². The van der Waals surface area contributed by atoms with Gasteiger partial charge in [0.05, 0.1) is 5.69 Å². The molecule has 2 aromatic rings. The Morgan fingerprint density at radius 2 is 1.95 bits per heavy atom. The van der Waals surface area contributed by atoms with Crippen LogP contribution in [0.15, 0.2) is 40.6 Å². The zero-order valence-electron chi connectivity index (χ0n) is 11.6. The number of sulfonamides is 1. The van der Waals surface area contributed by atoms with Crippen LogP contribution < -0.4 is 10.0 Å². The summed E-state index contributed by atoms with van der Waals surface area (Å²) in [5.74, 6) is -0.595. The van der Waals surface area contributed by atoms with Gasteiger partial charge < -0.3 is 5.32 Å². The topological polar surface area (TPSA) is 58.2 Å². The summed E-state index contributed by atoms with van der Waals surface area (Å²) in [6, 6.07) is 9.00. The highest BCUT2D eigenvalue weighted by atomic mass is 32.2. The average Bonchev–Trinajstić information content (AvgIpc) is 2.91. The highest BCUT2D eigenvalue weighted by Gasteiger charge is 2.18. The first-order chi connectivity index (χ1) is 10.0. The summed E-state index contributed by atoms with van der Waals surface area (Å²) in [5, 5.41) is 3.21. The summed E-state index contributed by atoms with van der Waals surface area (Å²) >= 11 is 1.18. The third-order valence-electron chi connectivity index (χ3n) is 2.75. The van der Waals surface area contributed by atoms with Crippen molar-refractivity contribution in [2.45, 2.75) is 24.1 Å². The minimum Gasteiger partial charge on any atom is -0.312 e. The van der Waals surface area contributed by atoms with Gasteiger partial charge in [-0.2, -0.15) is 0 Å². The van der Waals surface area contributed by atoms with Crippen LogP contribution in [0, 0.1) is 5.82 Å². The van der Waals surface area contributed by atoms with Crippen LogP contribution in [0.5, 0.6) is 0 Å². The van der Waals surface area contributed by atoms with E-state index in [1.54, 1.807) is 12.1 Å². The molecule has 21 heavy (non-hydrogen) atoms. The number of anilines is 1. The van der Waals surface area contributed by atoms with Crippen molar-refractivity contribution in [1.82, 2.24) is 5.32 Å². The van der Waals surface area contributed by atoms with Crippen molar-refractivity contribution in [1.29, 1.82) is 0 Å². The van der Waals surface area contributed by atoms with Gasteiger partial charge >= 0.3 is 0 Å². The van der Waals surface area contributed by atoms with E-state index in [2.05, 4.69) is 17.0 Å². The second-order valence-corrected chi connectivity index (χ2v) is 7.56. The van der Waals surface area contributed by atoms with Gasteiger partial charge in [0.2, 0.25) is 0 Å². The molecule has 1 heterocycles. The Kier molecular flexibility index (Phi) is 5.33. The van der Waals surface area contributed by atoms with E-state index in [1.165, 1.54) is 35.6 Å². The standard InChI is InChI=1S/C14H17FN2O2S2/c1-2-9-16-10-11-7-8-14(20-11)21(18,19)17-13-6-4-3-5-12(13)15/h3-8,16-17H,2,9-10H2,1H3. The monoisotopic (exact) mass is 328 g/mol. The molecule has 0 fully saturated rings. The van der Waals surface area contributed by atoms with Crippen LogP contribution in [0.3, 0.4) is 0 Å². The number of thiophene rings is 1. The van der Waals surface area contributed by atoms with E-state index < -0.39 is 15.8 Å². The maximum Gasteiger partial charge on any atom is 0.271 e. The number of para-hydroxylation sites is 1. The quantitative estimate of drug-likeness (QED) is 0.768. The van der Waals surface area contributed by atoms with E-state index in [1.807, 2.05) is 0 Å². The van der Waals surface area contributed by atoms with Crippen molar-refractivity contribution in [2.24, 2.45) is 0 Å². The van der Waals surface area contributed by atoms with Gasteiger partial charge in [-0.1, -0.05) is 19.1 Å². The molecule has 0 radical (unpaired) electrons. The summed E-state index contributed by atoms with van der Waals surface area (Å²) in [7, 11) is -3.74. The number of hydrogen-bond acceptors (Lipinski definition) is 4. The average molecular weight is 328 g/mol. The van der Waals surface area contributed by atoms with Crippen LogP contribution in [0.2, 0.25) is 0 Å². The molecule has 0 unspecified atom stereocenters. The molecule has 0 saturated heterocycles. The fourth-order valence-electron chi connectivity index (χ4n) is 1.73. The molecule has 0 aliphatic heterocycles. The second-order valence-electron chi connectivity index (χ2n) is 4.48. The van der Waals surface area contributed by atoms with E-state index in [0.717, 1.165) is 17.8 Å². The molecule has 2 rings (SSSR count). The van der Waals surface area contributed by atoms with Gasteiger partial charge in [-0.15, -0.1) is 11.3 Å². The third-order valence-corrected chi connectivity index (χ3v) is 5.69. The van der Waals surface area contributed by atoms with Gasteiger partial charge in [-0.05, 0) is 37.2 Å². The van der Waals surface area contributed by atoms with Crippen LogP contribution in [0.4, 0.5) is 10.1 Å². The summed E-state index contributed by atoms with van der Waals surface area (Å²) in [6.45, 7) is 3.58. The molecule has 4 nitrogen and oxygen atoms in total. The molecule has 0 spiro atoms. The van der Waals surface area contributed by atoms with Crippen LogP contribution >= 0.6 is 11.3 Å². The van der Waals surface area contributed by atoms with Crippen molar-refractivity contribution in [2.75, 3.05) is 11.3 Å². The predicted molar refractivity (Wildman–Crippen MR) is 83.5 cm³/mol. The summed E-state index contributed by atoms with van der Waals surface area (Å²) < 4.78 is 40.4. The van der Waals surface area contributed by atoms with Gasteiger partial charge in [-0.3, -0.25) is 4.72 Å². The Labute approximate surface area is 128 Å². The fourth-order valence-corrected chi connectivity index (χ4v) is 4.12. The second kappa shape index (κ2) is 7.02. The Bertz CT molecular complexity index is 699. The van der Waals surface area contributed by atoms with E-state index in [4.69, 9.17) is 0 Å². The normalized spacial score (nSPS) is 11.5. The highest BCUT2D eigenvalue weighted by Crippen LogP contribution is 2.25. The molecule has 7 heteroatoms. The molecule has 0 bridgehead atoms. The molecule has 114 valence electrons. The summed E-state index contributed by atoms with van der Waals surface area (Å²) in [6.07, 6.45) is 1.02. The number of halogens is 1. The minimum atomic E-state index is -3.74. The first-order valence-corrected chi connectivity index (χ1v) is 8.89. The first-order valence-electron chi connectivity index (χ1n) is 6.59. The zero-order chi connectivity index (χ0) is 15.3. The van der Waals surface area contributed by atoms with Gasteiger partial charge in [-0.25, -0.2) is 12.8 Å². The van der Waals surface area contributed by atoms with E-state index in [0.29, 0.717) is 6.54 Å². The van der Waals surface area contributed by atoms with Gasteiger partial charge in [0.25, 0.3) is 10.0 Å². The van der Waals surface area contributed by atoms with Crippen molar-refractivity contribution in [3.8, 4) is 0 Å². The number of benzene rings is 1. The largest absolute Gasteiger partial charge is 0.312 e. The molecule has 0 amide bonds. The van der Waals surface area contributed by atoms with E-state index >= 15 is 0 Å². The number of rotatable bonds is 7. The number of hydrogen-bond donors (Lipinski definition) is 2. The highest BCUT2D eigenvalue weighted by molar-refractivity contribution is 7.94. The summed E-state index contributed by atoms with van der Waals surface area (Å²) in [5.41, 5.74) is -0.0449. The van der Waals surface area contributed by atoms with Crippen LogP contribution in [0.25, 0.3) is 0 Å². The van der Waals surface area contributed by atoms with Crippen LogP contribution in [0.1, 0.15) is 18.2 Å². The van der Waals surface area contributed by atoms with Gasteiger partial charge in [0.1, 0.15) is 10.0 Å².